The predicted octanol–water partition coefficient (Wildman–Crippen LogP) is 7.60. The van der Waals surface area contributed by atoms with Gasteiger partial charge in [0.15, 0.2) is 5.60 Å². The van der Waals surface area contributed by atoms with E-state index in [4.69, 9.17) is 4.74 Å². The summed E-state index contributed by atoms with van der Waals surface area (Å²) in [5.41, 5.74) is -4.31. The van der Waals surface area contributed by atoms with E-state index in [0.717, 1.165) is 6.42 Å². The molecule has 4 fully saturated rings. The summed E-state index contributed by atoms with van der Waals surface area (Å²) in [6.07, 6.45) is -7.22. The van der Waals surface area contributed by atoms with E-state index in [1.165, 1.54) is 12.1 Å². The minimum absolute atomic E-state index is 0.178. The third-order valence-corrected chi connectivity index (χ3v) is 9.36. The van der Waals surface area contributed by atoms with Crippen molar-refractivity contribution >= 4 is 5.97 Å². The zero-order valence-electron chi connectivity index (χ0n) is 22.1. The van der Waals surface area contributed by atoms with Gasteiger partial charge in [0.05, 0.1) is 6.42 Å². The lowest BCUT2D eigenvalue weighted by Gasteiger charge is -2.62. The van der Waals surface area contributed by atoms with Gasteiger partial charge in [-0.05, 0) is 80.1 Å². The Morgan fingerprint density at radius 1 is 0.875 bits per heavy atom. The maximum Gasteiger partial charge on any atom is 0.460 e. The number of halogens is 9. The van der Waals surface area contributed by atoms with E-state index in [2.05, 4.69) is 0 Å². The Labute approximate surface area is 226 Å². The Morgan fingerprint density at radius 2 is 1.38 bits per heavy atom. The molecular weight excluding hydrogens is 555 g/mol. The molecule has 1 aromatic carbocycles. The Hall–Kier alpha value is -1.98. The highest BCUT2D eigenvalue weighted by Gasteiger charge is 2.82. The molecule has 1 unspecified atom stereocenters. The van der Waals surface area contributed by atoms with Gasteiger partial charge in [0.25, 0.3) is 0 Å². The summed E-state index contributed by atoms with van der Waals surface area (Å²) in [5, 5.41) is 11.2. The Kier molecular flexibility index (Phi) is 7.81. The number of hydrogen-bond acceptors (Lipinski definition) is 3. The average Bonchev–Trinajstić information content (AvgIpc) is 2.83. The second kappa shape index (κ2) is 10.1. The van der Waals surface area contributed by atoms with E-state index < -0.39 is 54.0 Å². The molecular formula is C28H33F9O3. The van der Waals surface area contributed by atoms with Crippen LogP contribution in [0.25, 0.3) is 0 Å². The summed E-state index contributed by atoms with van der Waals surface area (Å²) < 4.78 is 129. The van der Waals surface area contributed by atoms with Crippen LogP contribution in [0.15, 0.2) is 30.3 Å². The van der Waals surface area contributed by atoms with Gasteiger partial charge in [0.1, 0.15) is 5.60 Å². The molecule has 4 aliphatic carbocycles. The lowest BCUT2D eigenvalue weighted by atomic mass is 9.47. The van der Waals surface area contributed by atoms with Crippen LogP contribution in [0.2, 0.25) is 0 Å². The normalized spacial score (nSPS) is 30.4. The van der Waals surface area contributed by atoms with Gasteiger partial charge in [-0.1, -0.05) is 44.2 Å². The molecule has 0 radical (unpaired) electrons. The quantitative estimate of drug-likeness (QED) is 0.226. The molecule has 12 heteroatoms. The highest BCUT2D eigenvalue weighted by molar-refractivity contribution is 5.80. The van der Waals surface area contributed by atoms with Crippen molar-refractivity contribution < 1.29 is 54.2 Å². The number of hydrogen-bond donors (Lipinski definition) is 1. The van der Waals surface area contributed by atoms with Crippen LogP contribution in [0, 0.1) is 29.6 Å². The van der Waals surface area contributed by atoms with E-state index >= 15 is 0 Å². The molecule has 0 aromatic heterocycles. The number of carbonyl (C=O) groups is 1. The standard InChI is InChI=1S/C28H33F9O3/c1-16(2)25(20-11-18-10-19(13-20)14-21(25)12-18)40-22(38)23(39,9-8-17-6-4-3-5-7-17)15-24(29,30)26(31,32)27(33,34)28(35,36)37/h3-7,16,18-21,39H,8-15H2,1-2H3. The number of aryl methyl sites for hydroxylation is 1. The number of alkyl halides is 9. The topological polar surface area (TPSA) is 46.5 Å². The molecule has 0 heterocycles. The summed E-state index contributed by atoms with van der Waals surface area (Å²) in [4.78, 5) is 13.6. The second-order valence-corrected chi connectivity index (χ2v) is 12.2. The minimum Gasteiger partial charge on any atom is -0.456 e. The molecule has 0 aliphatic heterocycles. The van der Waals surface area contributed by atoms with E-state index in [-0.39, 0.29) is 24.2 Å². The molecule has 3 nitrogen and oxygen atoms in total. The molecule has 4 aliphatic rings. The Balaban J connectivity index is 1.68. The molecule has 0 amide bonds. The van der Waals surface area contributed by atoms with Gasteiger partial charge < -0.3 is 9.84 Å². The summed E-state index contributed by atoms with van der Waals surface area (Å²) in [6, 6.07) is 7.67. The fraction of sp³-hybridized carbons (Fsp3) is 0.750. The van der Waals surface area contributed by atoms with Crippen molar-refractivity contribution in [2.45, 2.75) is 100 Å². The molecule has 1 N–H and O–H groups in total. The summed E-state index contributed by atoms with van der Waals surface area (Å²) in [6.45, 7) is 3.51. The van der Waals surface area contributed by atoms with Crippen LogP contribution in [-0.2, 0) is 16.0 Å². The fourth-order valence-corrected chi connectivity index (χ4v) is 7.55. The van der Waals surface area contributed by atoms with Gasteiger partial charge in [-0.15, -0.1) is 0 Å². The van der Waals surface area contributed by atoms with E-state index in [0.29, 0.717) is 43.1 Å². The van der Waals surface area contributed by atoms with Gasteiger partial charge in [0.2, 0.25) is 0 Å². The minimum atomic E-state index is -7.13. The first-order chi connectivity index (χ1) is 18.3. The number of benzene rings is 1. The van der Waals surface area contributed by atoms with Crippen LogP contribution in [-0.4, -0.2) is 46.2 Å². The molecule has 4 bridgehead atoms. The average molecular weight is 589 g/mol. The maximum absolute atomic E-state index is 14.8. The van der Waals surface area contributed by atoms with Gasteiger partial charge in [-0.3, -0.25) is 0 Å². The monoisotopic (exact) mass is 588 g/mol. The van der Waals surface area contributed by atoms with Crippen molar-refractivity contribution in [1.29, 1.82) is 0 Å². The smallest absolute Gasteiger partial charge is 0.456 e. The number of carbonyl (C=O) groups excluding carboxylic acids is 1. The lowest BCUT2D eigenvalue weighted by Crippen LogP contribution is -2.65. The largest absolute Gasteiger partial charge is 0.460 e. The van der Waals surface area contributed by atoms with Crippen LogP contribution in [0.5, 0.6) is 0 Å². The zero-order chi connectivity index (χ0) is 29.9. The highest BCUT2D eigenvalue weighted by Crippen LogP contribution is 2.62. The molecule has 5 rings (SSSR count). The fourth-order valence-electron chi connectivity index (χ4n) is 7.55. The number of esters is 1. The van der Waals surface area contributed by atoms with Crippen molar-refractivity contribution in [3.8, 4) is 0 Å². The SMILES string of the molecule is CC(C)C1(OC(=O)C(O)(CCc2ccccc2)CC(F)(F)C(F)(F)C(F)(F)C(F)(F)F)C2CC3CC(C2)CC1C3. The van der Waals surface area contributed by atoms with Crippen molar-refractivity contribution in [3.05, 3.63) is 35.9 Å². The molecule has 1 aromatic rings. The first kappa shape index (κ1) is 31.0. The van der Waals surface area contributed by atoms with Crippen molar-refractivity contribution in [1.82, 2.24) is 0 Å². The molecule has 226 valence electrons. The first-order valence-corrected chi connectivity index (χ1v) is 13.5. The van der Waals surface area contributed by atoms with E-state index in [1.54, 1.807) is 32.0 Å². The summed E-state index contributed by atoms with van der Waals surface area (Å²) in [5.74, 6) is -21.9. The number of ether oxygens (including phenoxy) is 1. The number of aliphatic hydroxyl groups is 1. The second-order valence-electron chi connectivity index (χ2n) is 12.2. The van der Waals surface area contributed by atoms with Gasteiger partial charge in [-0.2, -0.15) is 39.5 Å². The van der Waals surface area contributed by atoms with Crippen molar-refractivity contribution in [2.24, 2.45) is 29.6 Å². The summed E-state index contributed by atoms with van der Waals surface area (Å²) >= 11 is 0. The Morgan fingerprint density at radius 3 is 1.82 bits per heavy atom. The van der Waals surface area contributed by atoms with Crippen molar-refractivity contribution in [3.63, 3.8) is 0 Å². The lowest BCUT2D eigenvalue weighted by molar-refractivity contribution is -0.399. The van der Waals surface area contributed by atoms with Crippen molar-refractivity contribution in [2.75, 3.05) is 0 Å². The molecule has 4 saturated carbocycles. The van der Waals surface area contributed by atoms with Gasteiger partial charge in [-0.25, -0.2) is 4.79 Å². The Bertz CT molecular complexity index is 1040. The first-order valence-electron chi connectivity index (χ1n) is 13.5. The van der Waals surface area contributed by atoms with Gasteiger partial charge in [0, 0.05) is 0 Å². The highest BCUT2D eigenvalue weighted by atomic mass is 19.4. The zero-order valence-corrected chi connectivity index (χ0v) is 22.1. The van der Waals surface area contributed by atoms with Crippen LogP contribution >= 0.6 is 0 Å². The van der Waals surface area contributed by atoms with E-state index in [1.807, 2.05) is 0 Å². The molecule has 0 spiro atoms. The third-order valence-electron chi connectivity index (χ3n) is 9.36. The van der Waals surface area contributed by atoms with E-state index in [9.17, 15) is 49.4 Å². The third kappa shape index (κ3) is 5.00. The van der Waals surface area contributed by atoms with Gasteiger partial charge >= 0.3 is 29.9 Å². The van der Waals surface area contributed by atoms with Crippen LogP contribution in [0.4, 0.5) is 39.5 Å². The predicted molar refractivity (Wildman–Crippen MR) is 126 cm³/mol. The van der Waals surface area contributed by atoms with Crippen LogP contribution in [0.1, 0.15) is 64.4 Å². The molecule has 1 atom stereocenters. The number of rotatable bonds is 10. The molecule has 0 saturated heterocycles. The summed E-state index contributed by atoms with van der Waals surface area (Å²) in [7, 11) is 0. The molecule has 40 heavy (non-hydrogen) atoms. The van der Waals surface area contributed by atoms with Crippen LogP contribution < -0.4 is 0 Å². The van der Waals surface area contributed by atoms with Crippen LogP contribution in [0.3, 0.4) is 0 Å². The maximum atomic E-state index is 14.8.